The minimum absolute atomic E-state index is 0.0745. The summed E-state index contributed by atoms with van der Waals surface area (Å²) in [6.07, 6.45) is 6.13. The third-order valence-corrected chi connectivity index (χ3v) is 3.59. The van der Waals surface area contributed by atoms with Gasteiger partial charge in [-0.25, -0.2) is 4.98 Å². The maximum atomic E-state index is 12.1. The van der Waals surface area contributed by atoms with Crippen LogP contribution in [0.25, 0.3) is 0 Å². The molecule has 1 amide bonds. The second kappa shape index (κ2) is 7.48. The molecule has 0 spiro atoms. The van der Waals surface area contributed by atoms with Gasteiger partial charge in [0, 0.05) is 6.54 Å². The first-order chi connectivity index (χ1) is 9.35. The summed E-state index contributed by atoms with van der Waals surface area (Å²) in [5, 5.41) is 3.10. The Kier molecular flexibility index (Phi) is 6.27. The first-order valence-corrected chi connectivity index (χ1v) is 7.43. The number of nitrogens with one attached hydrogen (secondary N) is 1. The van der Waals surface area contributed by atoms with Crippen molar-refractivity contribution in [2.24, 2.45) is 5.41 Å². The lowest BCUT2D eigenvalue weighted by Gasteiger charge is -2.25. The van der Waals surface area contributed by atoms with Crippen LogP contribution in [0, 0.1) is 5.41 Å². The van der Waals surface area contributed by atoms with E-state index in [0.29, 0.717) is 17.8 Å². The summed E-state index contributed by atoms with van der Waals surface area (Å²) in [6.45, 7) is 7.11. The highest BCUT2D eigenvalue weighted by Gasteiger charge is 2.20. The maximum Gasteiger partial charge on any atom is 0.254 e. The molecule has 1 rings (SSSR count). The number of aromatic nitrogens is 1. The molecule has 0 aliphatic carbocycles. The molecular weight excluding hydrogens is 274 g/mol. The van der Waals surface area contributed by atoms with E-state index in [1.807, 2.05) is 0 Å². The smallest absolute Gasteiger partial charge is 0.254 e. The lowest BCUT2D eigenvalue weighted by Crippen LogP contribution is -2.34. The van der Waals surface area contributed by atoms with Crippen LogP contribution in [0.3, 0.4) is 0 Å². The van der Waals surface area contributed by atoms with Crippen molar-refractivity contribution in [1.29, 1.82) is 0 Å². The van der Waals surface area contributed by atoms with Crippen LogP contribution in [0.5, 0.6) is 0 Å². The van der Waals surface area contributed by atoms with E-state index in [1.54, 1.807) is 6.07 Å². The van der Waals surface area contributed by atoms with Crippen LogP contribution in [0.2, 0.25) is 5.15 Å². The van der Waals surface area contributed by atoms with Gasteiger partial charge in [-0.1, -0.05) is 51.6 Å². The molecule has 0 atom stereocenters. The van der Waals surface area contributed by atoms with E-state index in [0.717, 1.165) is 6.42 Å². The number of nitrogens with two attached hydrogens (primary N) is 1. The van der Waals surface area contributed by atoms with E-state index in [4.69, 9.17) is 17.3 Å². The highest BCUT2D eigenvalue weighted by Crippen LogP contribution is 2.23. The second-order valence-electron chi connectivity index (χ2n) is 5.91. The van der Waals surface area contributed by atoms with Gasteiger partial charge in [-0.15, -0.1) is 0 Å². The summed E-state index contributed by atoms with van der Waals surface area (Å²) < 4.78 is 0. The summed E-state index contributed by atoms with van der Waals surface area (Å²) in [7, 11) is 0. The molecule has 0 aromatic carbocycles. The number of halogens is 1. The molecule has 1 aromatic heterocycles. The zero-order valence-electron chi connectivity index (χ0n) is 12.5. The zero-order valence-corrected chi connectivity index (χ0v) is 13.3. The fourth-order valence-electron chi connectivity index (χ4n) is 1.98. The van der Waals surface area contributed by atoms with Gasteiger partial charge in [-0.2, -0.15) is 0 Å². The SMILES string of the molecule is CCCCCC(C)(C)CNC(=O)c1cc(N)cnc1Cl. The van der Waals surface area contributed by atoms with Crippen LogP contribution in [0.15, 0.2) is 12.3 Å². The average molecular weight is 298 g/mol. The summed E-state index contributed by atoms with van der Waals surface area (Å²) >= 11 is 5.92. The van der Waals surface area contributed by atoms with Gasteiger partial charge >= 0.3 is 0 Å². The normalized spacial score (nSPS) is 11.4. The molecule has 0 aliphatic rings. The van der Waals surface area contributed by atoms with E-state index in [2.05, 4.69) is 31.1 Å². The molecule has 3 N–H and O–H groups in total. The van der Waals surface area contributed by atoms with Crippen LogP contribution in [-0.2, 0) is 0 Å². The highest BCUT2D eigenvalue weighted by atomic mass is 35.5. The third kappa shape index (κ3) is 5.37. The van der Waals surface area contributed by atoms with Crippen LogP contribution in [-0.4, -0.2) is 17.4 Å². The Labute approximate surface area is 126 Å². The van der Waals surface area contributed by atoms with Crippen LogP contribution in [0.1, 0.15) is 56.8 Å². The number of unbranched alkanes of at least 4 members (excludes halogenated alkanes) is 2. The van der Waals surface area contributed by atoms with Crippen molar-refractivity contribution in [3.63, 3.8) is 0 Å². The van der Waals surface area contributed by atoms with E-state index < -0.39 is 0 Å². The van der Waals surface area contributed by atoms with Gasteiger partial charge in [0.15, 0.2) is 0 Å². The lowest BCUT2D eigenvalue weighted by atomic mass is 9.87. The number of pyridine rings is 1. The number of hydrogen-bond acceptors (Lipinski definition) is 3. The molecule has 4 nitrogen and oxygen atoms in total. The van der Waals surface area contributed by atoms with Gasteiger partial charge in [0.2, 0.25) is 0 Å². The molecule has 0 unspecified atom stereocenters. The second-order valence-corrected chi connectivity index (χ2v) is 6.27. The maximum absolute atomic E-state index is 12.1. The first kappa shape index (κ1) is 16.8. The fraction of sp³-hybridized carbons (Fsp3) is 0.600. The molecule has 20 heavy (non-hydrogen) atoms. The van der Waals surface area contributed by atoms with Crippen LogP contribution in [0.4, 0.5) is 5.69 Å². The summed E-state index contributed by atoms with van der Waals surface area (Å²) in [4.78, 5) is 16.0. The zero-order chi connectivity index (χ0) is 15.2. The van der Waals surface area contributed by atoms with E-state index in [1.165, 1.54) is 25.5 Å². The van der Waals surface area contributed by atoms with Gasteiger partial charge in [0.25, 0.3) is 5.91 Å². The van der Waals surface area contributed by atoms with E-state index in [-0.39, 0.29) is 16.5 Å². The Bertz CT molecular complexity index is 460. The molecule has 0 aliphatic heterocycles. The summed E-state index contributed by atoms with van der Waals surface area (Å²) in [5.74, 6) is -0.224. The Morgan fingerprint density at radius 3 is 2.80 bits per heavy atom. The van der Waals surface area contributed by atoms with Crippen molar-refractivity contribution in [2.45, 2.75) is 46.5 Å². The van der Waals surface area contributed by atoms with Crippen molar-refractivity contribution in [1.82, 2.24) is 10.3 Å². The predicted molar refractivity (Wildman–Crippen MR) is 83.9 cm³/mol. The van der Waals surface area contributed by atoms with Gasteiger partial charge < -0.3 is 11.1 Å². The Morgan fingerprint density at radius 1 is 1.45 bits per heavy atom. The van der Waals surface area contributed by atoms with Crippen LogP contribution >= 0.6 is 11.6 Å². The molecule has 0 bridgehead atoms. The van der Waals surface area contributed by atoms with Gasteiger partial charge in [-0.05, 0) is 17.9 Å². The number of anilines is 1. The van der Waals surface area contributed by atoms with Crippen LogP contribution < -0.4 is 11.1 Å². The minimum atomic E-state index is -0.224. The Hall–Kier alpha value is -1.29. The molecule has 5 heteroatoms. The number of hydrogen-bond donors (Lipinski definition) is 2. The molecular formula is C15H24ClN3O. The molecule has 0 saturated carbocycles. The lowest BCUT2D eigenvalue weighted by molar-refractivity contribution is 0.0934. The van der Waals surface area contributed by atoms with Gasteiger partial charge in [0.05, 0.1) is 17.4 Å². The minimum Gasteiger partial charge on any atom is -0.397 e. The first-order valence-electron chi connectivity index (χ1n) is 7.05. The number of carbonyl (C=O) groups excluding carboxylic acids is 1. The largest absolute Gasteiger partial charge is 0.397 e. The highest BCUT2D eigenvalue weighted by molar-refractivity contribution is 6.32. The fourth-order valence-corrected chi connectivity index (χ4v) is 2.17. The predicted octanol–water partition coefficient (Wildman–Crippen LogP) is 3.65. The van der Waals surface area contributed by atoms with Crippen molar-refractivity contribution in [3.8, 4) is 0 Å². The quantitative estimate of drug-likeness (QED) is 0.596. The molecule has 0 fully saturated rings. The van der Waals surface area contributed by atoms with Crippen molar-refractivity contribution >= 4 is 23.2 Å². The summed E-state index contributed by atoms with van der Waals surface area (Å²) in [6, 6.07) is 1.55. The standard InChI is InChI=1S/C15H24ClN3O/c1-4-5-6-7-15(2,3)10-19-14(20)12-8-11(17)9-18-13(12)16/h8-9H,4-7,10,17H2,1-3H3,(H,19,20). The Balaban J connectivity index is 2.56. The number of carbonyl (C=O) groups is 1. The van der Waals surface area contributed by atoms with Gasteiger partial charge in [0.1, 0.15) is 5.15 Å². The molecule has 0 radical (unpaired) electrons. The summed E-state index contributed by atoms with van der Waals surface area (Å²) in [5.41, 5.74) is 6.46. The molecule has 1 heterocycles. The number of nitrogens with zero attached hydrogens (tertiary/aromatic N) is 1. The number of rotatable bonds is 7. The van der Waals surface area contributed by atoms with Gasteiger partial charge in [-0.3, -0.25) is 4.79 Å². The van der Waals surface area contributed by atoms with Crippen molar-refractivity contribution in [3.05, 3.63) is 23.0 Å². The number of amides is 1. The average Bonchev–Trinajstić information content (AvgIpc) is 2.39. The molecule has 112 valence electrons. The number of nitrogen functional groups attached to an aromatic ring is 1. The van der Waals surface area contributed by atoms with E-state index in [9.17, 15) is 4.79 Å². The third-order valence-electron chi connectivity index (χ3n) is 3.29. The molecule has 0 saturated heterocycles. The topological polar surface area (TPSA) is 68.0 Å². The van der Waals surface area contributed by atoms with E-state index >= 15 is 0 Å². The molecule has 1 aromatic rings. The van der Waals surface area contributed by atoms with Crippen molar-refractivity contribution in [2.75, 3.05) is 12.3 Å². The monoisotopic (exact) mass is 297 g/mol. The van der Waals surface area contributed by atoms with Crippen molar-refractivity contribution < 1.29 is 4.79 Å². The Morgan fingerprint density at radius 2 is 2.15 bits per heavy atom.